The van der Waals surface area contributed by atoms with Crippen LogP contribution in [-0.2, 0) is 0 Å². The minimum atomic E-state index is -0.674. The van der Waals surface area contributed by atoms with E-state index >= 15 is 0 Å². The van der Waals surface area contributed by atoms with Crippen LogP contribution in [0.15, 0.2) is 6.07 Å². The summed E-state index contributed by atoms with van der Waals surface area (Å²) in [6.45, 7) is 3.04. The number of Topliss-reactive ketones (excluding diaryl/α,β-unsaturated/α-hetero) is 1. The van der Waals surface area contributed by atoms with Gasteiger partial charge in [-0.25, -0.2) is 4.39 Å². The lowest BCUT2D eigenvalue weighted by atomic mass is 10.1. The van der Waals surface area contributed by atoms with Crippen molar-refractivity contribution >= 4 is 5.78 Å². The molecule has 0 aliphatic carbocycles. The Kier molecular flexibility index (Phi) is 3.29. The number of hydrogen-bond acceptors (Lipinski definition) is 3. The Bertz CT molecular complexity index is 399. The zero-order valence-corrected chi connectivity index (χ0v) is 9.18. The Hall–Kier alpha value is -1.58. The van der Waals surface area contributed by atoms with Crippen molar-refractivity contribution in [3.63, 3.8) is 0 Å². The van der Waals surface area contributed by atoms with Crippen molar-refractivity contribution in [1.29, 1.82) is 0 Å². The van der Waals surface area contributed by atoms with E-state index < -0.39 is 5.82 Å². The van der Waals surface area contributed by atoms with Crippen molar-refractivity contribution < 1.29 is 18.7 Å². The Labute approximate surface area is 87.8 Å². The molecule has 0 aromatic heterocycles. The highest BCUT2D eigenvalue weighted by Crippen LogP contribution is 2.35. The van der Waals surface area contributed by atoms with Crippen LogP contribution in [-0.4, -0.2) is 20.0 Å². The molecule has 15 heavy (non-hydrogen) atoms. The Morgan fingerprint density at radius 3 is 2.20 bits per heavy atom. The van der Waals surface area contributed by atoms with Crippen molar-refractivity contribution in [2.45, 2.75) is 13.8 Å². The number of carbonyl (C=O) groups is 1. The summed E-state index contributed by atoms with van der Waals surface area (Å²) in [6, 6.07) is 1.46. The van der Waals surface area contributed by atoms with Gasteiger partial charge in [-0.15, -0.1) is 0 Å². The third-order valence-electron chi connectivity index (χ3n) is 2.15. The number of hydrogen-bond donors (Lipinski definition) is 0. The van der Waals surface area contributed by atoms with Gasteiger partial charge >= 0.3 is 0 Å². The highest BCUT2D eigenvalue weighted by atomic mass is 19.1. The first-order valence-corrected chi connectivity index (χ1v) is 4.45. The monoisotopic (exact) mass is 212 g/mol. The molecule has 82 valence electrons. The fourth-order valence-electron chi connectivity index (χ4n) is 1.44. The average molecular weight is 212 g/mol. The van der Waals surface area contributed by atoms with Gasteiger partial charge in [0, 0.05) is 0 Å². The molecule has 3 nitrogen and oxygen atoms in total. The van der Waals surface area contributed by atoms with Crippen LogP contribution in [0.5, 0.6) is 11.5 Å². The number of ether oxygens (including phenoxy) is 2. The number of ketones is 1. The third kappa shape index (κ3) is 1.93. The van der Waals surface area contributed by atoms with Gasteiger partial charge in [-0.2, -0.15) is 0 Å². The van der Waals surface area contributed by atoms with Gasteiger partial charge in [0.2, 0.25) is 0 Å². The Balaban J connectivity index is 3.51. The fourth-order valence-corrected chi connectivity index (χ4v) is 1.44. The van der Waals surface area contributed by atoms with Crippen molar-refractivity contribution in [2.75, 3.05) is 14.2 Å². The molecule has 4 heteroatoms. The molecule has 0 atom stereocenters. The standard InChI is InChI=1S/C11H13FO3/c1-6-5-8(7(2)13)9(12)11(15-4)10(6)14-3/h5H,1-4H3. The second-order valence-corrected chi connectivity index (χ2v) is 3.18. The second kappa shape index (κ2) is 4.29. The summed E-state index contributed by atoms with van der Waals surface area (Å²) >= 11 is 0. The van der Waals surface area contributed by atoms with Crippen molar-refractivity contribution in [2.24, 2.45) is 0 Å². The zero-order chi connectivity index (χ0) is 11.6. The molecule has 0 aliphatic rings. The van der Waals surface area contributed by atoms with Crippen LogP contribution in [0, 0.1) is 12.7 Å². The highest BCUT2D eigenvalue weighted by Gasteiger charge is 2.19. The number of methoxy groups -OCH3 is 2. The molecule has 0 saturated carbocycles. The maximum Gasteiger partial charge on any atom is 0.197 e. The normalized spacial score (nSPS) is 9.93. The van der Waals surface area contributed by atoms with Crippen LogP contribution in [0.3, 0.4) is 0 Å². The molecule has 0 spiro atoms. The summed E-state index contributed by atoms with van der Waals surface area (Å²) in [4.78, 5) is 11.1. The number of carbonyl (C=O) groups excluding carboxylic acids is 1. The molecule has 0 heterocycles. The number of benzene rings is 1. The first kappa shape index (κ1) is 11.5. The van der Waals surface area contributed by atoms with E-state index in [1.807, 2.05) is 0 Å². The maximum atomic E-state index is 13.7. The lowest BCUT2D eigenvalue weighted by Crippen LogP contribution is -2.03. The van der Waals surface area contributed by atoms with Crippen LogP contribution >= 0.6 is 0 Å². The number of aryl methyl sites for hydroxylation is 1. The van der Waals surface area contributed by atoms with Crippen molar-refractivity contribution in [1.82, 2.24) is 0 Å². The van der Waals surface area contributed by atoms with Gasteiger partial charge in [-0.05, 0) is 25.5 Å². The van der Waals surface area contributed by atoms with E-state index in [-0.39, 0.29) is 17.1 Å². The number of rotatable bonds is 3. The predicted octanol–water partition coefficient (Wildman–Crippen LogP) is 2.35. The van der Waals surface area contributed by atoms with Crippen molar-refractivity contribution in [3.05, 3.63) is 23.0 Å². The quantitative estimate of drug-likeness (QED) is 0.721. The van der Waals surface area contributed by atoms with E-state index in [0.717, 1.165) is 0 Å². The summed E-state index contributed by atoms with van der Waals surface area (Å²) in [5.41, 5.74) is 0.686. The van der Waals surface area contributed by atoms with Crippen LogP contribution in [0.4, 0.5) is 4.39 Å². The van der Waals surface area contributed by atoms with Gasteiger partial charge in [0.1, 0.15) is 0 Å². The summed E-state index contributed by atoms with van der Waals surface area (Å²) in [6.07, 6.45) is 0. The van der Waals surface area contributed by atoms with Gasteiger partial charge in [-0.3, -0.25) is 4.79 Å². The minimum Gasteiger partial charge on any atom is -0.492 e. The van der Waals surface area contributed by atoms with Gasteiger partial charge in [0.25, 0.3) is 0 Å². The van der Waals surface area contributed by atoms with Crippen LogP contribution in [0.25, 0.3) is 0 Å². The van der Waals surface area contributed by atoms with E-state index in [1.165, 1.54) is 27.2 Å². The second-order valence-electron chi connectivity index (χ2n) is 3.18. The van der Waals surface area contributed by atoms with Crippen molar-refractivity contribution in [3.8, 4) is 11.5 Å². The van der Waals surface area contributed by atoms with E-state index in [9.17, 15) is 9.18 Å². The van der Waals surface area contributed by atoms with Crippen LogP contribution < -0.4 is 9.47 Å². The summed E-state index contributed by atoms with van der Waals surface area (Å²) in [5.74, 6) is -0.716. The van der Waals surface area contributed by atoms with Gasteiger partial charge in [0.05, 0.1) is 19.8 Å². The average Bonchev–Trinajstić information content (AvgIpc) is 2.19. The molecule has 1 aromatic carbocycles. The van der Waals surface area contributed by atoms with Crippen LogP contribution in [0.2, 0.25) is 0 Å². The minimum absolute atomic E-state index is 0.0187. The molecule has 0 bridgehead atoms. The summed E-state index contributed by atoms with van der Waals surface area (Å²) in [5, 5.41) is 0. The smallest absolute Gasteiger partial charge is 0.197 e. The third-order valence-corrected chi connectivity index (χ3v) is 2.15. The van der Waals surface area contributed by atoms with Gasteiger partial charge in [0.15, 0.2) is 23.1 Å². The summed E-state index contributed by atoms with van der Waals surface area (Å²) in [7, 11) is 2.77. The first-order valence-electron chi connectivity index (χ1n) is 4.45. The lowest BCUT2D eigenvalue weighted by molar-refractivity contribution is 0.101. The molecule has 0 N–H and O–H groups in total. The predicted molar refractivity (Wildman–Crippen MR) is 54.2 cm³/mol. The summed E-state index contributed by atoms with van der Waals surface area (Å²) < 4.78 is 23.6. The van der Waals surface area contributed by atoms with Crippen LogP contribution in [0.1, 0.15) is 22.8 Å². The zero-order valence-electron chi connectivity index (χ0n) is 9.18. The van der Waals surface area contributed by atoms with Gasteiger partial charge < -0.3 is 9.47 Å². The SMILES string of the molecule is COc1c(C)cc(C(C)=O)c(F)c1OC. The van der Waals surface area contributed by atoms with E-state index in [2.05, 4.69) is 0 Å². The lowest BCUT2D eigenvalue weighted by Gasteiger charge is -2.13. The molecule has 0 saturated heterocycles. The molecule has 1 rings (SSSR count). The molecule has 1 aromatic rings. The Morgan fingerprint density at radius 2 is 1.80 bits per heavy atom. The molecular weight excluding hydrogens is 199 g/mol. The molecule has 0 radical (unpaired) electrons. The molecule has 0 aliphatic heterocycles. The topological polar surface area (TPSA) is 35.5 Å². The molecule has 0 unspecified atom stereocenters. The maximum absolute atomic E-state index is 13.7. The first-order chi connectivity index (χ1) is 7.02. The van der Waals surface area contributed by atoms with E-state index in [1.54, 1.807) is 6.92 Å². The molecule has 0 fully saturated rings. The largest absolute Gasteiger partial charge is 0.492 e. The van der Waals surface area contributed by atoms with E-state index in [0.29, 0.717) is 11.3 Å². The fraction of sp³-hybridized carbons (Fsp3) is 0.364. The Morgan fingerprint density at radius 1 is 1.27 bits per heavy atom. The van der Waals surface area contributed by atoms with E-state index in [4.69, 9.17) is 9.47 Å². The molecule has 0 amide bonds. The highest BCUT2D eigenvalue weighted by molar-refractivity contribution is 5.95. The molecular formula is C11H13FO3. The van der Waals surface area contributed by atoms with Gasteiger partial charge in [-0.1, -0.05) is 0 Å². The number of halogens is 1.